The molecule has 9 heteroatoms. The third-order valence-electron chi connectivity index (χ3n) is 2.40. The van der Waals surface area contributed by atoms with Gasteiger partial charge >= 0.3 is 6.18 Å². The molecular formula is C11H7F3N4O2. The molecule has 0 radical (unpaired) electrons. The topological polar surface area (TPSA) is 113 Å². The first kappa shape index (κ1) is 15.4. The number of hydrogen-bond donors (Lipinski definition) is 2. The molecule has 0 spiro atoms. The molecule has 0 aromatic carbocycles. The smallest absolute Gasteiger partial charge is 0.444 e. The fourth-order valence-electron chi connectivity index (χ4n) is 1.55. The Morgan fingerprint density at radius 1 is 1.35 bits per heavy atom. The number of nitriles is 3. The van der Waals surface area contributed by atoms with Gasteiger partial charge in [0.2, 0.25) is 0 Å². The number of hydrogen-bond acceptors (Lipinski definition) is 6. The summed E-state index contributed by atoms with van der Waals surface area (Å²) in [5.41, 5.74) is -5.85. The van der Waals surface area contributed by atoms with Gasteiger partial charge in [-0.05, 0) is 6.92 Å². The second kappa shape index (κ2) is 5.12. The average Bonchev–Trinajstić information content (AvgIpc) is 2.65. The van der Waals surface area contributed by atoms with E-state index < -0.39 is 34.5 Å². The van der Waals surface area contributed by atoms with E-state index in [-0.39, 0.29) is 6.61 Å². The van der Waals surface area contributed by atoms with Crippen LogP contribution in [-0.4, -0.2) is 23.6 Å². The summed E-state index contributed by atoms with van der Waals surface area (Å²) in [4.78, 5) is 0. The fourth-order valence-corrected chi connectivity index (χ4v) is 1.55. The fraction of sp³-hybridized carbons (Fsp3) is 0.364. The first-order chi connectivity index (χ1) is 9.26. The minimum Gasteiger partial charge on any atom is -0.491 e. The summed E-state index contributed by atoms with van der Waals surface area (Å²) in [6, 6.07) is 4.09. The second-order valence-corrected chi connectivity index (χ2v) is 3.56. The summed E-state index contributed by atoms with van der Waals surface area (Å²) in [6.07, 6.45) is -5.21. The molecule has 6 nitrogen and oxygen atoms in total. The van der Waals surface area contributed by atoms with E-state index in [1.807, 2.05) is 0 Å². The summed E-state index contributed by atoms with van der Waals surface area (Å²) in [5.74, 6) is -1.08. The zero-order valence-electron chi connectivity index (χ0n) is 10.0. The Bertz CT molecular complexity index is 600. The van der Waals surface area contributed by atoms with Gasteiger partial charge in [0.05, 0.1) is 12.3 Å². The lowest BCUT2D eigenvalue weighted by atomic mass is 10.1. The Labute approximate surface area is 111 Å². The van der Waals surface area contributed by atoms with Gasteiger partial charge in [0.1, 0.15) is 23.8 Å². The van der Waals surface area contributed by atoms with Crippen molar-refractivity contribution in [1.82, 2.24) is 5.32 Å². The van der Waals surface area contributed by atoms with Crippen LogP contribution in [0.3, 0.4) is 0 Å². The van der Waals surface area contributed by atoms with E-state index in [0.29, 0.717) is 0 Å². The van der Waals surface area contributed by atoms with Crippen LogP contribution < -0.4 is 5.32 Å². The van der Waals surface area contributed by atoms with Crippen LogP contribution in [0.25, 0.3) is 0 Å². The highest BCUT2D eigenvalue weighted by Gasteiger charge is 2.63. The number of rotatable bonds is 2. The number of alkyl halides is 3. The Morgan fingerprint density at radius 3 is 2.25 bits per heavy atom. The van der Waals surface area contributed by atoms with E-state index in [0.717, 1.165) is 0 Å². The first-order valence-electron chi connectivity index (χ1n) is 5.16. The summed E-state index contributed by atoms with van der Waals surface area (Å²) in [6.45, 7) is 1.11. The lowest BCUT2D eigenvalue weighted by Gasteiger charge is -2.28. The van der Waals surface area contributed by atoms with Crippen LogP contribution in [0.4, 0.5) is 13.2 Å². The van der Waals surface area contributed by atoms with E-state index >= 15 is 0 Å². The largest absolute Gasteiger partial charge is 0.491 e. The predicted octanol–water partition coefficient (Wildman–Crippen LogP) is 0.956. The number of nitrogens with one attached hydrogen (secondary N) is 1. The summed E-state index contributed by atoms with van der Waals surface area (Å²) in [5, 5.41) is 37.6. The summed E-state index contributed by atoms with van der Waals surface area (Å²) >= 11 is 0. The number of aliphatic hydroxyl groups is 1. The van der Waals surface area contributed by atoms with Crippen LogP contribution in [0.15, 0.2) is 22.6 Å². The van der Waals surface area contributed by atoms with Gasteiger partial charge in [-0.25, -0.2) is 0 Å². The van der Waals surface area contributed by atoms with Crippen LogP contribution in [0, 0.1) is 34.0 Å². The van der Waals surface area contributed by atoms with E-state index in [1.165, 1.54) is 25.1 Å². The van der Waals surface area contributed by atoms with Crippen LogP contribution in [0.1, 0.15) is 6.92 Å². The van der Waals surface area contributed by atoms with Crippen molar-refractivity contribution in [3.05, 3.63) is 22.6 Å². The van der Waals surface area contributed by atoms with Crippen molar-refractivity contribution < 1.29 is 23.0 Å². The third kappa shape index (κ3) is 2.13. The highest BCUT2D eigenvalue weighted by Crippen LogP contribution is 2.42. The highest BCUT2D eigenvalue weighted by atomic mass is 19.4. The van der Waals surface area contributed by atoms with E-state index in [9.17, 15) is 18.3 Å². The Balaban J connectivity index is 3.65. The zero-order valence-corrected chi connectivity index (χ0v) is 10.0. The van der Waals surface area contributed by atoms with Gasteiger partial charge in [0, 0.05) is 0 Å². The molecule has 0 bridgehead atoms. The van der Waals surface area contributed by atoms with Crippen LogP contribution in [-0.2, 0) is 4.74 Å². The van der Waals surface area contributed by atoms with Crippen LogP contribution in [0.5, 0.6) is 0 Å². The van der Waals surface area contributed by atoms with Gasteiger partial charge in [-0.3, -0.25) is 0 Å². The molecular weight excluding hydrogens is 277 g/mol. The van der Waals surface area contributed by atoms with Crippen molar-refractivity contribution in [2.24, 2.45) is 0 Å². The Kier molecular flexibility index (Phi) is 3.93. The molecule has 2 N–H and O–H groups in total. The molecule has 0 aromatic heterocycles. The molecule has 0 aromatic rings. The van der Waals surface area contributed by atoms with Crippen molar-refractivity contribution in [2.45, 2.75) is 18.8 Å². The SMILES string of the molecule is CCOC1=C(C#N)C(=C(C#N)C#N)N[C@@]1(O)C(F)(F)F. The standard InChI is InChI=1S/C11H7F3N4O2/c1-2-20-9-7(5-17)8(6(3-15)4-16)18-10(9,19)11(12,13)14/h18-19H,2H2,1H3/t10-/m0/s1. The maximum absolute atomic E-state index is 12.9. The lowest BCUT2D eigenvalue weighted by molar-refractivity contribution is -0.262. The Hall–Kier alpha value is -2.70. The molecule has 1 rings (SSSR count). The first-order valence-corrected chi connectivity index (χ1v) is 5.16. The van der Waals surface area contributed by atoms with Crippen LogP contribution >= 0.6 is 0 Å². The van der Waals surface area contributed by atoms with E-state index in [2.05, 4.69) is 4.74 Å². The molecule has 0 fully saturated rings. The molecule has 1 aliphatic rings. The summed E-state index contributed by atoms with van der Waals surface area (Å²) in [7, 11) is 0. The monoisotopic (exact) mass is 284 g/mol. The number of nitrogens with zero attached hydrogens (tertiary/aromatic N) is 3. The molecule has 1 aliphatic heterocycles. The Morgan fingerprint density at radius 2 is 1.90 bits per heavy atom. The maximum Gasteiger partial charge on any atom is 0.444 e. The van der Waals surface area contributed by atoms with Crippen molar-refractivity contribution in [1.29, 1.82) is 15.8 Å². The van der Waals surface area contributed by atoms with Gasteiger partial charge in [-0.2, -0.15) is 29.0 Å². The van der Waals surface area contributed by atoms with Gasteiger partial charge < -0.3 is 15.2 Å². The number of ether oxygens (including phenoxy) is 1. The van der Waals surface area contributed by atoms with Crippen molar-refractivity contribution in [3.63, 3.8) is 0 Å². The van der Waals surface area contributed by atoms with Gasteiger partial charge in [-0.1, -0.05) is 0 Å². The van der Waals surface area contributed by atoms with Gasteiger partial charge in [0.15, 0.2) is 11.3 Å². The normalized spacial score (nSPS) is 21.6. The molecule has 1 heterocycles. The van der Waals surface area contributed by atoms with Crippen molar-refractivity contribution in [2.75, 3.05) is 6.61 Å². The molecule has 0 aliphatic carbocycles. The molecule has 1 atom stereocenters. The lowest BCUT2D eigenvalue weighted by Crippen LogP contribution is -2.55. The third-order valence-corrected chi connectivity index (χ3v) is 2.40. The van der Waals surface area contributed by atoms with E-state index in [1.54, 1.807) is 5.32 Å². The second-order valence-electron chi connectivity index (χ2n) is 3.56. The highest BCUT2D eigenvalue weighted by molar-refractivity contribution is 5.59. The van der Waals surface area contributed by atoms with Crippen molar-refractivity contribution in [3.8, 4) is 18.2 Å². The minimum atomic E-state index is -5.21. The minimum absolute atomic E-state index is 0.248. The molecule has 20 heavy (non-hydrogen) atoms. The number of allylic oxidation sites excluding steroid dienone is 2. The zero-order chi connectivity index (χ0) is 15.6. The quantitative estimate of drug-likeness (QED) is 0.730. The predicted molar refractivity (Wildman–Crippen MR) is 56.7 cm³/mol. The van der Waals surface area contributed by atoms with Gasteiger partial charge in [0.25, 0.3) is 5.72 Å². The van der Waals surface area contributed by atoms with Gasteiger partial charge in [-0.15, -0.1) is 0 Å². The molecule has 0 saturated carbocycles. The average molecular weight is 284 g/mol. The molecule has 0 amide bonds. The maximum atomic E-state index is 12.9. The molecule has 0 saturated heterocycles. The summed E-state index contributed by atoms with van der Waals surface area (Å²) < 4.78 is 43.5. The van der Waals surface area contributed by atoms with E-state index in [4.69, 9.17) is 15.8 Å². The number of halogens is 3. The molecule has 104 valence electrons. The van der Waals surface area contributed by atoms with Crippen molar-refractivity contribution >= 4 is 0 Å². The van der Waals surface area contributed by atoms with Crippen LogP contribution in [0.2, 0.25) is 0 Å². The molecule has 0 unspecified atom stereocenters.